The minimum atomic E-state index is -3.33. The molecule has 0 N–H and O–H groups in total. The number of benzene rings is 2. The number of carbonyl (C=O) groups excluding carboxylic acids is 3. The van der Waals surface area contributed by atoms with Crippen LogP contribution in [0, 0.1) is 0 Å². The molecule has 0 spiro atoms. The summed E-state index contributed by atoms with van der Waals surface area (Å²) < 4.78 is 52.5. The molecule has 0 radical (unpaired) electrons. The van der Waals surface area contributed by atoms with Crippen LogP contribution < -0.4 is 0 Å². The summed E-state index contributed by atoms with van der Waals surface area (Å²) in [5.41, 5.74) is 1.37. The summed E-state index contributed by atoms with van der Waals surface area (Å²) >= 11 is 0. The highest BCUT2D eigenvalue weighted by Gasteiger charge is 2.35. The maximum absolute atomic E-state index is 13.4. The first-order chi connectivity index (χ1) is 20.2. The van der Waals surface area contributed by atoms with Gasteiger partial charge >= 0.3 is 5.97 Å². The van der Waals surface area contributed by atoms with Gasteiger partial charge in [0.15, 0.2) is 19.7 Å². The molecule has 0 saturated carbocycles. The summed E-state index contributed by atoms with van der Waals surface area (Å²) in [6.07, 6.45) is 4.16. The summed E-state index contributed by atoms with van der Waals surface area (Å²) in [4.78, 5) is 44.4. The lowest BCUT2D eigenvalue weighted by Crippen LogP contribution is -2.60. The molecule has 14 heteroatoms. The Morgan fingerprint density at radius 1 is 0.795 bits per heavy atom. The van der Waals surface area contributed by atoms with Gasteiger partial charge in [-0.3, -0.25) is 19.3 Å². The van der Waals surface area contributed by atoms with Crippen LogP contribution in [0.3, 0.4) is 0 Å². The van der Waals surface area contributed by atoms with Crippen molar-refractivity contribution >= 4 is 49.9 Å². The lowest BCUT2D eigenvalue weighted by atomic mass is 10.1. The lowest BCUT2D eigenvalue weighted by Gasteiger charge is -2.43. The largest absolute Gasteiger partial charge is 0.464 e. The Bertz CT molecular complexity index is 1550. The Morgan fingerprint density at radius 2 is 1.34 bits per heavy atom. The molecule has 242 valence electrons. The fraction of sp³-hybridized carbons (Fsp3) is 0.500. The monoisotopic (exact) mass is 669 g/mol. The third-order valence-corrected chi connectivity index (χ3v) is 10.3. The number of ether oxygens (including phenoxy) is 1. The number of carbonyl (C=O) groups is 3. The molecule has 2 aromatic carbocycles. The first kappa shape index (κ1) is 35.5. The molecule has 0 aromatic heterocycles. The predicted molar refractivity (Wildman–Crippen MR) is 167 cm³/mol. The second-order valence-electron chi connectivity index (χ2n) is 11.4. The van der Waals surface area contributed by atoms with E-state index in [2.05, 4.69) is 4.90 Å². The van der Waals surface area contributed by atoms with Crippen LogP contribution in [0.25, 0.3) is 0 Å². The van der Waals surface area contributed by atoms with E-state index in [1.807, 2.05) is 4.90 Å². The number of nitrogens with zero attached hydrogens (tertiary/aromatic N) is 3. The normalized spacial score (nSPS) is 19.3. The highest BCUT2D eigenvalue weighted by atomic mass is 35.5. The average Bonchev–Trinajstić information content (AvgIpc) is 3.38. The van der Waals surface area contributed by atoms with E-state index in [0.717, 1.165) is 31.9 Å². The SMILES string of the molecule is CC(=O)N1CCN(C(=O)Cc2ccc(S(C)(=O)=O)cc2)C(CN2CCCC2COC(=O)Cc2ccc(S(C)(=O)=O)cc2)C1.Cl. The fourth-order valence-corrected chi connectivity index (χ4v) is 6.87. The third kappa shape index (κ3) is 9.50. The van der Waals surface area contributed by atoms with Crippen molar-refractivity contribution in [2.45, 2.75) is 54.5 Å². The van der Waals surface area contributed by atoms with Gasteiger partial charge in [-0.25, -0.2) is 16.8 Å². The van der Waals surface area contributed by atoms with Crippen molar-refractivity contribution in [1.29, 1.82) is 0 Å². The van der Waals surface area contributed by atoms with E-state index >= 15 is 0 Å². The molecular weight excluding hydrogens is 630 g/mol. The number of esters is 1. The number of amides is 2. The number of likely N-dealkylation sites (tertiary alicyclic amines) is 1. The van der Waals surface area contributed by atoms with Crippen LogP contribution in [0.4, 0.5) is 0 Å². The van der Waals surface area contributed by atoms with E-state index in [9.17, 15) is 31.2 Å². The Hall–Kier alpha value is -3.00. The Labute approximate surface area is 265 Å². The summed E-state index contributed by atoms with van der Waals surface area (Å²) in [6, 6.07) is 12.2. The fourth-order valence-electron chi connectivity index (χ4n) is 5.61. The minimum Gasteiger partial charge on any atom is -0.464 e. The van der Waals surface area contributed by atoms with Crippen LogP contribution in [-0.2, 0) is 51.6 Å². The van der Waals surface area contributed by atoms with Gasteiger partial charge in [-0.2, -0.15) is 0 Å². The Morgan fingerprint density at radius 3 is 1.86 bits per heavy atom. The van der Waals surface area contributed by atoms with Crippen molar-refractivity contribution < 1.29 is 36.0 Å². The van der Waals surface area contributed by atoms with Crippen LogP contribution in [0.15, 0.2) is 58.3 Å². The minimum absolute atomic E-state index is 0. The maximum atomic E-state index is 13.4. The van der Waals surface area contributed by atoms with E-state index in [-0.39, 0.29) is 65.5 Å². The number of sulfone groups is 2. The number of piperazine rings is 1. The Balaban J connectivity index is 0.00000529. The lowest BCUT2D eigenvalue weighted by molar-refractivity contribution is -0.145. The van der Waals surface area contributed by atoms with Crippen LogP contribution in [-0.4, -0.2) is 113 Å². The van der Waals surface area contributed by atoms with Gasteiger partial charge in [0.25, 0.3) is 0 Å². The van der Waals surface area contributed by atoms with Crippen molar-refractivity contribution in [2.75, 3.05) is 51.8 Å². The van der Waals surface area contributed by atoms with Crippen LogP contribution in [0.5, 0.6) is 0 Å². The smallest absolute Gasteiger partial charge is 0.310 e. The highest BCUT2D eigenvalue weighted by molar-refractivity contribution is 7.91. The Kier molecular flexibility index (Phi) is 12.0. The van der Waals surface area contributed by atoms with Gasteiger partial charge in [0.1, 0.15) is 6.61 Å². The summed E-state index contributed by atoms with van der Waals surface area (Å²) in [7, 11) is -6.65. The van der Waals surface area contributed by atoms with Crippen molar-refractivity contribution in [1.82, 2.24) is 14.7 Å². The van der Waals surface area contributed by atoms with E-state index in [1.54, 1.807) is 29.2 Å². The zero-order chi connectivity index (χ0) is 31.4. The van der Waals surface area contributed by atoms with Crippen LogP contribution in [0.2, 0.25) is 0 Å². The van der Waals surface area contributed by atoms with Gasteiger partial charge in [-0.15, -0.1) is 12.4 Å². The third-order valence-electron chi connectivity index (χ3n) is 8.04. The maximum Gasteiger partial charge on any atom is 0.310 e. The molecule has 11 nitrogen and oxygen atoms in total. The molecule has 2 saturated heterocycles. The molecule has 2 aliphatic rings. The molecule has 4 rings (SSSR count). The number of hydrogen-bond acceptors (Lipinski definition) is 9. The first-order valence-corrected chi connectivity index (χ1v) is 18.0. The number of halogens is 1. The zero-order valence-electron chi connectivity index (χ0n) is 25.2. The molecule has 2 unspecified atom stereocenters. The summed E-state index contributed by atoms with van der Waals surface area (Å²) in [5.74, 6) is -0.549. The topological polar surface area (TPSA) is 138 Å². The first-order valence-electron chi connectivity index (χ1n) is 14.2. The van der Waals surface area contributed by atoms with Gasteiger partial charge in [0.2, 0.25) is 11.8 Å². The van der Waals surface area contributed by atoms with E-state index < -0.39 is 25.6 Å². The van der Waals surface area contributed by atoms with E-state index in [1.165, 1.54) is 31.2 Å². The molecule has 2 fully saturated rings. The average molecular weight is 670 g/mol. The zero-order valence-corrected chi connectivity index (χ0v) is 27.6. The van der Waals surface area contributed by atoms with Gasteiger partial charge in [0, 0.05) is 51.7 Å². The van der Waals surface area contributed by atoms with E-state index in [0.29, 0.717) is 37.3 Å². The van der Waals surface area contributed by atoms with Gasteiger partial charge < -0.3 is 14.5 Å². The molecule has 44 heavy (non-hydrogen) atoms. The molecule has 2 amide bonds. The van der Waals surface area contributed by atoms with Gasteiger partial charge in [0.05, 0.1) is 28.7 Å². The van der Waals surface area contributed by atoms with Crippen molar-refractivity contribution in [2.24, 2.45) is 0 Å². The van der Waals surface area contributed by atoms with Crippen LogP contribution in [0.1, 0.15) is 30.9 Å². The molecular formula is C30H40ClN3O8S2. The predicted octanol–water partition coefficient (Wildman–Crippen LogP) is 1.77. The molecule has 0 bridgehead atoms. The highest BCUT2D eigenvalue weighted by Crippen LogP contribution is 2.22. The van der Waals surface area contributed by atoms with Crippen molar-refractivity contribution in [3.8, 4) is 0 Å². The number of hydrogen-bond donors (Lipinski definition) is 0. The molecule has 2 aromatic rings. The molecule has 2 aliphatic heterocycles. The summed E-state index contributed by atoms with van der Waals surface area (Å²) in [6.45, 7) is 4.26. The second kappa shape index (κ2) is 14.9. The van der Waals surface area contributed by atoms with E-state index in [4.69, 9.17) is 4.74 Å². The van der Waals surface area contributed by atoms with Gasteiger partial charge in [-0.1, -0.05) is 24.3 Å². The standard InChI is InChI=1S/C30H39N3O8S2.ClH/c1-22(34)31-15-16-33(29(35)17-23-6-10-27(11-7-23)42(2,37)38)26(19-31)20-32-14-4-5-25(32)21-41-30(36)18-24-8-12-28(13-9-24)43(3,39)40;/h6-13,25-26H,4-5,14-21H2,1-3H3;1H. The second-order valence-corrected chi connectivity index (χ2v) is 15.4. The van der Waals surface area contributed by atoms with Gasteiger partial charge in [-0.05, 0) is 54.8 Å². The van der Waals surface area contributed by atoms with Crippen molar-refractivity contribution in [3.63, 3.8) is 0 Å². The summed E-state index contributed by atoms with van der Waals surface area (Å²) in [5, 5.41) is 0. The molecule has 2 heterocycles. The molecule has 2 atom stereocenters. The van der Waals surface area contributed by atoms with Crippen molar-refractivity contribution in [3.05, 3.63) is 59.7 Å². The van der Waals surface area contributed by atoms with Crippen LogP contribution >= 0.6 is 12.4 Å². The number of rotatable bonds is 10. The quantitative estimate of drug-likeness (QED) is 0.347. The molecule has 0 aliphatic carbocycles.